The van der Waals surface area contributed by atoms with E-state index in [1.54, 1.807) is 0 Å². The van der Waals surface area contributed by atoms with Crippen molar-refractivity contribution in [1.82, 2.24) is 10.2 Å². The largest absolute Gasteiger partial charge is 0.312 e. The maximum Gasteiger partial charge on any atom is 0.0230 e. The summed E-state index contributed by atoms with van der Waals surface area (Å²) < 4.78 is 0. The van der Waals surface area contributed by atoms with Crippen LogP contribution in [0.3, 0.4) is 0 Å². The molecule has 0 amide bonds. The van der Waals surface area contributed by atoms with Crippen LogP contribution >= 0.6 is 11.3 Å². The summed E-state index contributed by atoms with van der Waals surface area (Å²) in [6.07, 6.45) is 2.32. The van der Waals surface area contributed by atoms with Gasteiger partial charge in [0.25, 0.3) is 0 Å². The maximum absolute atomic E-state index is 3.45. The Morgan fingerprint density at radius 1 is 1.25 bits per heavy atom. The quantitative estimate of drug-likeness (QED) is 0.909. The molecule has 0 spiro atoms. The van der Waals surface area contributed by atoms with Gasteiger partial charge >= 0.3 is 0 Å². The fraction of sp³-hybridized carbons (Fsp3) is 0.412. The van der Waals surface area contributed by atoms with Crippen LogP contribution in [0, 0.1) is 0 Å². The van der Waals surface area contributed by atoms with E-state index in [4.69, 9.17) is 0 Å². The van der Waals surface area contributed by atoms with Crippen LogP contribution in [0.1, 0.15) is 21.6 Å². The maximum atomic E-state index is 3.45. The predicted molar refractivity (Wildman–Crippen MR) is 86.2 cm³/mol. The zero-order valence-electron chi connectivity index (χ0n) is 12.1. The number of nitrogens with one attached hydrogen (secondary N) is 1. The minimum atomic E-state index is 1.03. The van der Waals surface area contributed by atoms with Crippen molar-refractivity contribution in [2.75, 3.05) is 20.1 Å². The van der Waals surface area contributed by atoms with E-state index in [1.165, 1.54) is 28.0 Å². The molecular formula is C17H22N2S. The highest BCUT2D eigenvalue weighted by atomic mass is 32.1. The fourth-order valence-corrected chi connectivity index (χ4v) is 3.48. The SMILES string of the molecule is CN(CCc1cccs1)Cc1ccc2c(c1)CNCC2. The zero-order valence-corrected chi connectivity index (χ0v) is 12.9. The summed E-state index contributed by atoms with van der Waals surface area (Å²) in [6, 6.07) is 11.4. The van der Waals surface area contributed by atoms with E-state index in [1.807, 2.05) is 11.3 Å². The molecular weight excluding hydrogens is 264 g/mol. The normalized spacial score (nSPS) is 14.5. The van der Waals surface area contributed by atoms with Crippen molar-refractivity contribution in [3.05, 3.63) is 57.3 Å². The van der Waals surface area contributed by atoms with E-state index >= 15 is 0 Å². The van der Waals surface area contributed by atoms with Gasteiger partial charge in [-0.05, 0) is 54.6 Å². The summed E-state index contributed by atoms with van der Waals surface area (Å²) in [4.78, 5) is 3.89. The van der Waals surface area contributed by atoms with Crippen LogP contribution in [0.15, 0.2) is 35.7 Å². The topological polar surface area (TPSA) is 15.3 Å². The second-order valence-corrected chi connectivity index (χ2v) is 6.63. The summed E-state index contributed by atoms with van der Waals surface area (Å²) in [5.74, 6) is 0. The number of hydrogen-bond acceptors (Lipinski definition) is 3. The van der Waals surface area contributed by atoms with Crippen molar-refractivity contribution in [2.45, 2.75) is 25.9 Å². The standard InChI is InChI=1S/C17H22N2S/c1-19(9-7-17-3-2-10-20-17)13-14-4-5-15-6-8-18-12-16(15)11-14/h2-5,10-11,18H,6-9,12-13H2,1H3. The highest BCUT2D eigenvalue weighted by molar-refractivity contribution is 7.09. The number of likely N-dealkylation sites (N-methyl/N-ethyl adjacent to an activating group) is 1. The Bertz CT molecular complexity index is 548. The van der Waals surface area contributed by atoms with E-state index in [9.17, 15) is 0 Å². The molecule has 2 heterocycles. The molecule has 20 heavy (non-hydrogen) atoms. The van der Waals surface area contributed by atoms with Crippen LogP contribution in [-0.2, 0) is 25.9 Å². The van der Waals surface area contributed by atoms with Gasteiger partial charge in [0.1, 0.15) is 0 Å². The molecule has 0 fully saturated rings. The van der Waals surface area contributed by atoms with Gasteiger partial charge in [0.05, 0.1) is 0 Å². The molecule has 0 unspecified atom stereocenters. The third-order valence-electron chi connectivity index (χ3n) is 3.93. The van der Waals surface area contributed by atoms with Crippen molar-refractivity contribution >= 4 is 11.3 Å². The molecule has 0 atom stereocenters. The molecule has 0 radical (unpaired) electrons. The molecule has 0 aliphatic carbocycles. The lowest BCUT2D eigenvalue weighted by Crippen LogP contribution is -2.24. The zero-order chi connectivity index (χ0) is 13.8. The number of rotatable bonds is 5. The van der Waals surface area contributed by atoms with Crippen molar-refractivity contribution in [1.29, 1.82) is 0 Å². The summed E-state index contributed by atoms with van der Waals surface area (Å²) in [6.45, 7) is 4.31. The van der Waals surface area contributed by atoms with Gasteiger partial charge < -0.3 is 10.2 Å². The molecule has 3 heteroatoms. The molecule has 1 aromatic heterocycles. The Balaban J connectivity index is 1.56. The molecule has 2 nitrogen and oxygen atoms in total. The summed E-state index contributed by atoms with van der Waals surface area (Å²) in [5.41, 5.74) is 4.44. The third-order valence-corrected chi connectivity index (χ3v) is 4.87. The Hall–Kier alpha value is -1.16. The molecule has 1 aliphatic heterocycles. The first-order valence-electron chi connectivity index (χ1n) is 7.33. The number of benzene rings is 1. The van der Waals surface area contributed by atoms with E-state index in [-0.39, 0.29) is 0 Å². The lowest BCUT2D eigenvalue weighted by Gasteiger charge is -2.20. The van der Waals surface area contributed by atoms with E-state index < -0.39 is 0 Å². The highest BCUT2D eigenvalue weighted by Gasteiger charge is 2.09. The van der Waals surface area contributed by atoms with Gasteiger partial charge in [0, 0.05) is 24.5 Å². The second-order valence-electron chi connectivity index (χ2n) is 5.60. The van der Waals surface area contributed by atoms with Crippen molar-refractivity contribution in [3.8, 4) is 0 Å². The predicted octanol–water partition coefficient (Wildman–Crippen LogP) is 3.07. The Morgan fingerprint density at radius 2 is 2.20 bits per heavy atom. The first kappa shape index (κ1) is 13.8. The minimum Gasteiger partial charge on any atom is -0.312 e. The number of fused-ring (bicyclic) bond motifs is 1. The van der Waals surface area contributed by atoms with E-state index in [0.29, 0.717) is 0 Å². The Kier molecular flexibility index (Phi) is 4.51. The van der Waals surface area contributed by atoms with Gasteiger partial charge in [0.15, 0.2) is 0 Å². The third kappa shape index (κ3) is 3.48. The lowest BCUT2D eigenvalue weighted by atomic mass is 9.98. The highest BCUT2D eigenvalue weighted by Crippen LogP contribution is 2.17. The molecule has 0 saturated heterocycles. The van der Waals surface area contributed by atoms with Crippen LogP contribution in [0.25, 0.3) is 0 Å². The molecule has 1 aromatic carbocycles. The monoisotopic (exact) mass is 286 g/mol. The lowest BCUT2D eigenvalue weighted by molar-refractivity contribution is 0.332. The number of thiophene rings is 1. The second kappa shape index (κ2) is 6.53. The molecule has 106 valence electrons. The molecule has 0 saturated carbocycles. The van der Waals surface area contributed by atoms with Gasteiger partial charge in [-0.2, -0.15) is 0 Å². The molecule has 3 rings (SSSR count). The molecule has 1 aliphatic rings. The molecule has 0 bridgehead atoms. The number of nitrogens with zero attached hydrogens (tertiary/aromatic N) is 1. The van der Waals surface area contributed by atoms with Gasteiger partial charge in [-0.15, -0.1) is 11.3 Å². The molecule has 1 N–H and O–H groups in total. The van der Waals surface area contributed by atoms with Crippen LogP contribution in [0.2, 0.25) is 0 Å². The van der Waals surface area contributed by atoms with Crippen LogP contribution < -0.4 is 5.32 Å². The first-order valence-corrected chi connectivity index (χ1v) is 8.21. The van der Waals surface area contributed by atoms with Gasteiger partial charge in [-0.1, -0.05) is 24.3 Å². The Labute approximate surface area is 125 Å². The van der Waals surface area contributed by atoms with Gasteiger partial charge in [-0.3, -0.25) is 0 Å². The van der Waals surface area contributed by atoms with Crippen molar-refractivity contribution in [3.63, 3.8) is 0 Å². The van der Waals surface area contributed by atoms with Crippen molar-refractivity contribution < 1.29 is 0 Å². The van der Waals surface area contributed by atoms with Crippen LogP contribution in [0.4, 0.5) is 0 Å². The Morgan fingerprint density at radius 3 is 3.05 bits per heavy atom. The smallest absolute Gasteiger partial charge is 0.0230 e. The average Bonchev–Trinajstić information content (AvgIpc) is 2.98. The van der Waals surface area contributed by atoms with Crippen LogP contribution in [-0.4, -0.2) is 25.0 Å². The van der Waals surface area contributed by atoms with Gasteiger partial charge in [0.2, 0.25) is 0 Å². The first-order chi connectivity index (χ1) is 9.81. The van der Waals surface area contributed by atoms with E-state index in [0.717, 1.165) is 32.6 Å². The molecule has 2 aromatic rings. The van der Waals surface area contributed by atoms with E-state index in [2.05, 4.69) is 53.0 Å². The minimum absolute atomic E-state index is 1.03. The number of hydrogen-bond donors (Lipinski definition) is 1. The summed E-state index contributed by atoms with van der Waals surface area (Å²) in [7, 11) is 2.21. The summed E-state index contributed by atoms with van der Waals surface area (Å²) in [5, 5.41) is 5.61. The van der Waals surface area contributed by atoms with Crippen LogP contribution in [0.5, 0.6) is 0 Å². The fourth-order valence-electron chi connectivity index (χ4n) is 2.78. The van der Waals surface area contributed by atoms with Crippen molar-refractivity contribution in [2.24, 2.45) is 0 Å². The average molecular weight is 286 g/mol. The summed E-state index contributed by atoms with van der Waals surface area (Å²) >= 11 is 1.85. The van der Waals surface area contributed by atoms with Gasteiger partial charge in [-0.25, -0.2) is 0 Å².